The summed E-state index contributed by atoms with van der Waals surface area (Å²) < 4.78 is 7.81. The Balaban J connectivity index is 1.92. The minimum atomic E-state index is 0.0517. The molecule has 0 fully saturated rings. The van der Waals surface area contributed by atoms with Gasteiger partial charge in [-0.05, 0) is 18.2 Å². The first-order valence-electron chi connectivity index (χ1n) is 6.46. The second kappa shape index (κ2) is 5.69. The molecule has 0 aliphatic heterocycles. The monoisotopic (exact) mass is 344 g/mol. The van der Waals surface area contributed by atoms with Crippen LogP contribution in [-0.2, 0) is 6.54 Å². The van der Waals surface area contributed by atoms with Gasteiger partial charge < -0.3 is 9.30 Å². The summed E-state index contributed by atoms with van der Waals surface area (Å²) >= 11 is 3.41. The quantitative estimate of drug-likeness (QED) is 0.678. The van der Waals surface area contributed by atoms with E-state index in [1.54, 1.807) is 13.2 Å². The van der Waals surface area contributed by atoms with Crippen LogP contribution in [-0.4, -0.2) is 22.4 Å². The maximum atomic E-state index is 12.4. The normalized spacial score (nSPS) is 10.8. The van der Waals surface area contributed by atoms with Crippen molar-refractivity contribution in [1.29, 1.82) is 0 Å². The van der Waals surface area contributed by atoms with Crippen LogP contribution in [0.15, 0.2) is 53.1 Å². The van der Waals surface area contributed by atoms with E-state index in [9.17, 15) is 4.79 Å². The molecule has 0 aliphatic carbocycles. The molecule has 3 rings (SSSR count). The van der Waals surface area contributed by atoms with Crippen molar-refractivity contribution in [3.8, 4) is 5.88 Å². The molecule has 0 bridgehead atoms. The fraction of sp³-hybridized carbons (Fsp3) is 0.125. The first-order chi connectivity index (χ1) is 10.2. The third-order valence-corrected chi connectivity index (χ3v) is 3.99. The number of hydrogen-bond donors (Lipinski definition) is 0. The zero-order chi connectivity index (χ0) is 14.8. The predicted octanol–water partition coefficient (Wildman–Crippen LogP) is 3.69. The standard InChI is InChI=1S/C16H13BrN2O2/c1-21-16-7-6-14-13(18-16)8-9-19(14)10-15(20)11-4-2-3-5-12(11)17/h2-9H,10H2,1H3. The number of Topliss-reactive ketones (excluding diaryl/α,β-unsaturated/α-hetero) is 1. The number of rotatable bonds is 4. The van der Waals surface area contributed by atoms with E-state index in [0.717, 1.165) is 15.5 Å². The maximum Gasteiger partial charge on any atom is 0.213 e. The van der Waals surface area contributed by atoms with Crippen LogP contribution in [0.3, 0.4) is 0 Å². The number of nitrogens with zero attached hydrogens (tertiary/aromatic N) is 2. The van der Waals surface area contributed by atoms with Gasteiger partial charge in [0.15, 0.2) is 5.78 Å². The highest BCUT2D eigenvalue weighted by Gasteiger charge is 2.12. The molecule has 106 valence electrons. The Hall–Kier alpha value is -2.14. The van der Waals surface area contributed by atoms with Gasteiger partial charge in [-0.2, -0.15) is 0 Å². The van der Waals surface area contributed by atoms with Crippen molar-refractivity contribution in [2.24, 2.45) is 0 Å². The summed E-state index contributed by atoms with van der Waals surface area (Å²) in [7, 11) is 1.58. The van der Waals surface area contributed by atoms with Crippen molar-refractivity contribution in [2.45, 2.75) is 6.54 Å². The lowest BCUT2D eigenvalue weighted by Crippen LogP contribution is -2.10. The molecule has 2 aromatic heterocycles. The molecule has 0 N–H and O–H groups in total. The van der Waals surface area contributed by atoms with Gasteiger partial charge in [0.05, 0.1) is 24.7 Å². The van der Waals surface area contributed by atoms with Crippen LogP contribution in [0.1, 0.15) is 10.4 Å². The number of ketones is 1. The van der Waals surface area contributed by atoms with Crippen molar-refractivity contribution >= 4 is 32.7 Å². The number of fused-ring (bicyclic) bond motifs is 1. The van der Waals surface area contributed by atoms with Gasteiger partial charge in [0.25, 0.3) is 0 Å². The Bertz CT molecular complexity index is 811. The first kappa shape index (κ1) is 13.8. The van der Waals surface area contributed by atoms with E-state index in [-0.39, 0.29) is 12.3 Å². The fourth-order valence-corrected chi connectivity index (χ4v) is 2.74. The van der Waals surface area contributed by atoms with Crippen LogP contribution in [0, 0.1) is 0 Å². The van der Waals surface area contributed by atoms with E-state index in [2.05, 4.69) is 20.9 Å². The molecule has 2 heterocycles. The molecule has 0 saturated heterocycles. The van der Waals surface area contributed by atoms with Gasteiger partial charge in [-0.1, -0.05) is 34.1 Å². The molecule has 5 heteroatoms. The topological polar surface area (TPSA) is 44.1 Å². The summed E-state index contributed by atoms with van der Waals surface area (Å²) in [5, 5.41) is 0. The Morgan fingerprint density at radius 2 is 2.05 bits per heavy atom. The van der Waals surface area contributed by atoms with E-state index < -0.39 is 0 Å². The summed E-state index contributed by atoms with van der Waals surface area (Å²) in [6.45, 7) is 0.278. The van der Waals surface area contributed by atoms with Crippen LogP contribution in [0.2, 0.25) is 0 Å². The highest BCUT2D eigenvalue weighted by atomic mass is 79.9. The third-order valence-electron chi connectivity index (χ3n) is 3.30. The molecule has 1 aromatic carbocycles. The molecular formula is C16H13BrN2O2. The average Bonchev–Trinajstić information content (AvgIpc) is 2.89. The summed E-state index contributed by atoms with van der Waals surface area (Å²) in [5.74, 6) is 0.619. The Morgan fingerprint density at radius 1 is 1.24 bits per heavy atom. The SMILES string of the molecule is COc1ccc2c(ccn2CC(=O)c2ccccc2Br)n1. The van der Waals surface area contributed by atoms with Crippen molar-refractivity contribution < 1.29 is 9.53 Å². The largest absolute Gasteiger partial charge is 0.481 e. The second-order valence-corrected chi connectivity index (χ2v) is 5.46. The molecule has 4 nitrogen and oxygen atoms in total. The molecule has 3 aromatic rings. The van der Waals surface area contributed by atoms with Gasteiger partial charge in [-0.25, -0.2) is 4.98 Å². The summed E-state index contributed by atoms with van der Waals surface area (Å²) in [4.78, 5) is 16.8. The number of halogens is 1. The number of methoxy groups -OCH3 is 1. The number of hydrogen-bond acceptors (Lipinski definition) is 3. The predicted molar refractivity (Wildman–Crippen MR) is 84.8 cm³/mol. The number of pyridine rings is 1. The Morgan fingerprint density at radius 3 is 2.81 bits per heavy atom. The minimum Gasteiger partial charge on any atom is -0.481 e. The van der Waals surface area contributed by atoms with Crippen molar-refractivity contribution in [1.82, 2.24) is 9.55 Å². The van der Waals surface area contributed by atoms with Crippen LogP contribution in [0.25, 0.3) is 11.0 Å². The third kappa shape index (κ3) is 2.69. The molecule has 0 unspecified atom stereocenters. The van der Waals surface area contributed by atoms with Gasteiger partial charge in [0.1, 0.15) is 0 Å². The van der Waals surface area contributed by atoms with Crippen LogP contribution >= 0.6 is 15.9 Å². The van der Waals surface area contributed by atoms with Gasteiger partial charge in [0.2, 0.25) is 5.88 Å². The van der Waals surface area contributed by atoms with Crippen LogP contribution in [0.4, 0.5) is 0 Å². The molecule has 21 heavy (non-hydrogen) atoms. The lowest BCUT2D eigenvalue weighted by Gasteiger charge is -2.06. The van der Waals surface area contributed by atoms with Gasteiger partial charge in [0, 0.05) is 22.3 Å². The zero-order valence-electron chi connectivity index (χ0n) is 11.4. The molecule has 0 spiro atoms. The molecule has 0 atom stereocenters. The Labute approximate surface area is 130 Å². The highest BCUT2D eigenvalue weighted by molar-refractivity contribution is 9.10. The summed E-state index contributed by atoms with van der Waals surface area (Å²) in [5.41, 5.74) is 2.41. The van der Waals surface area contributed by atoms with E-state index in [1.807, 2.05) is 47.2 Å². The van der Waals surface area contributed by atoms with Crippen molar-refractivity contribution in [3.63, 3.8) is 0 Å². The number of ether oxygens (including phenoxy) is 1. The van der Waals surface area contributed by atoms with Crippen molar-refractivity contribution in [3.05, 3.63) is 58.7 Å². The number of carbonyl (C=O) groups excluding carboxylic acids is 1. The first-order valence-corrected chi connectivity index (χ1v) is 7.26. The smallest absolute Gasteiger partial charge is 0.213 e. The van der Waals surface area contributed by atoms with Crippen molar-refractivity contribution in [2.75, 3.05) is 7.11 Å². The summed E-state index contributed by atoms with van der Waals surface area (Å²) in [6.07, 6.45) is 1.87. The zero-order valence-corrected chi connectivity index (χ0v) is 13.0. The number of aromatic nitrogens is 2. The minimum absolute atomic E-state index is 0.0517. The lowest BCUT2D eigenvalue weighted by molar-refractivity contribution is 0.0973. The van der Waals surface area contributed by atoms with E-state index in [1.165, 1.54) is 0 Å². The van der Waals surface area contributed by atoms with Gasteiger partial charge in [-0.3, -0.25) is 4.79 Å². The lowest BCUT2D eigenvalue weighted by atomic mass is 10.1. The average molecular weight is 345 g/mol. The Kier molecular flexibility index (Phi) is 3.75. The van der Waals surface area contributed by atoms with Crippen LogP contribution in [0.5, 0.6) is 5.88 Å². The highest BCUT2D eigenvalue weighted by Crippen LogP contribution is 2.20. The number of benzene rings is 1. The number of carbonyl (C=O) groups is 1. The molecule has 0 saturated carbocycles. The molecule has 0 radical (unpaired) electrons. The molecule has 0 aliphatic rings. The van der Waals surface area contributed by atoms with E-state index >= 15 is 0 Å². The molecule has 0 amide bonds. The maximum absolute atomic E-state index is 12.4. The van der Waals surface area contributed by atoms with Gasteiger partial charge in [-0.15, -0.1) is 0 Å². The second-order valence-electron chi connectivity index (χ2n) is 4.60. The molecular weight excluding hydrogens is 332 g/mol. The van der Waals surface area contributed by atoms with E-state index in [0.29, 0.717) is 11.4 Å². The van der Waals surface area contributed by atoms with E-state index in [4.69, 9.17) is 4.74 Å². The van der Waals surface area contributed by atoms with Crippen LogP contribution < -0.4 is 4.74 Å². The fourth-order valence-electron chi connectivity index (χ4n) is 2.23. The summed E-state index contributed by atoms with van der Waals surface area (Å²) in [6, 6.07) is 13.0. The van der Waals surface area contributed by atoms with Gasteiger partial charge >= 0.3 is 0 Å².